The van der Waals surface area contributed by atoms with Crippen molar-refractivity contribution in [2.75, 3.05) is 5.32 Å². The second-order valence-electron chi connectivity index (χ2n) is 7.31. The number of carbonyl (C=O) groups is 2. The molecule has 2 amide bonds. The van der Waals surface area contributed by atoms with Gasteiger partial charge >= 0.3 is 6.18 Å². The van der Waals surface area contributed by atoms with Crippen molar-refractivity contribution in [2.45, 2.75) is 19.3 Å². The van der Waals surface area contributed by atoms with Gasteiger partial charge in [0.25, 0.3) is 5.91 Å². The number of nitrogens with one attached hydrogen (secondary N) is 2. The number of alkyl halides is 3. The first-order valence-electron chi connectivity index (χ1n) is 10.1. The van der Waals surface area contributed by atoms with Gasteiger partial charge in [-0.3, -0.25) is 9.59 Å². The van der Waals surface area contributed by atoms with Crippen molar-refractivity contribution < 1.29 is 22.8 Å². The average Bonchev–Trinajstić information content (AvgIpc) is 3.17. The highest BCUT2D eigenvalue weighted by Gasteiger charge is 2.37. The summed E-state index contributed by atoms with van der Waals surface area (Å²) in [6, 6.07) is 21.7. The lowest BCUT2D eigenvalue weighted by Gasteiger charge is -2.12. The van der Waals surface area contributed by atoms with E-state index in [4.69, 9.17) is 0 Å². The molecule has 0 bridgehead atoms. The predicted molar refractivity (Wildman–Crippen MR) is 117 cm³/mol. The molecule has 1 heterocycles. The fourth-order valence-electron chi connectivity index (χ4n) is 3.40. The molecule has 2 N–H and O–H groups in total. The van der Waals surface area contributed by atoms with Crippen LogP contribution in [0.25, 0.3) is 11.0 Å². The molecule has 0 unspecified atom stereocenters. The number of imidazole rings is 1. The molecule has 0 aliphatic rings. The van der Waals surface area contributed by atoms with Gasteiger partial charge in [0.15, 0.2) is 0 Å². The summed E-state index contributed by atoms with van der Waals surface area (Å²) in [4.78, 5) is 28.6. The van der Waals surface area contributed by atoms with Gasteiger partial charge in [-0.25, -0.2) is 4.98 Å². The zero-order chi connectivity index (χ0) is 23.4. The summed E-state index contributed by atoms with van der Waals surface area (Å²) in [5, 5.41) is 5.38. The zero-order valence-electron chi connectivity index (χ0n) is 17.3. The number of amides is 2. The van der Waals surface area contributed by atoms with E-state index in [-0.39, 0.29) is 23.5 Å². The van der Waals surface area contributed by atoms with E-state index >= 15 is 0 Å². The van der Waals surface area contributed by atoms with Crippen LogP contribution in [0.15, 0.2) is 78.9 Å². The average molecular weight is 452 g/mol. The van der Waals surface area contributed by atoms with E-state index in [2.05, 4.69) is 15.6 Å². The van der Waals surface area contributed by atoms with Gasteiger partial charge in [-0.2, -0.15) is 13.2 Å². The van der Waals surface area contributed by atoms with Crippen LogP contribution in [0, 0.1) is 0 Å². The van der Waals surface area contributed by atoms with E-state index in [9.17, 15) is 22.8 Å². The number of fused-ring (bicyclic) bond motifs is 1. The molecule has 0 saturated carbocycles. The minimum atomic E-state index is -4.69. The van der Waals surface area contributed by atoms with E-state index < -0.39 is 24.5 Å². The minimum Gasteiger partial charge on any atom is -0.350 e. The van der Waals surface area contributed by atoms with Crippen LogP contribution in [0.1, 0.15) is 21.7 Å². The summed E-state index contributed by atoms with van der Waals surface area (Å²) in [5.74, 6) is -2.05. The number of hydrogen-bond donors (Lipinski definition) is 2. The molecule has 9 heteroatoms. The highest BCUT2D eigenvalue weighted by molar-refractivity contribution is 6.04. The van der Waals surface area contributed by atoms with Gasteiger partial charge in [0.05, 0.1) is 11.0 Å². The summed E-state index contributed by atoms with van der Waals surface area (Å²) in [7, 11) is 0. The van der Waals surface area contributed by atoms with Crippen LogP contribution in [0.2, 0.25) is 0 Å². The van der Waals surface area contributed by atoms with Crippen LogP contribution in [0.5, 0.6) is 0 Å². The van der Waals surface area contributed by atoms with Gasteiger partial charge in [0, 0.05) is 17.8 Å². The van der Waals surface area contributed by atoms with Crippen LogP contribution in [0.4, 0.5) is 18.9 Å². The molecule has 0 atom stereocenters. The first kappa shape index (κ1) is 22.1. The molecule has 6 nitrogen and oxygen atoms in total. The molecular weight excluding hydrogens is 433 g/mol. The fraction of sp³-hybridized carbons (Fsp3) is 0.125. The van der Waals surface area contributed by atoms with Crippen LogP contribution in [0.3, 0.4) is 0 Å². The largest absolute Gasteiger partial charge is 0.449 e. The Morgan fingerprint density at radius 2 is 1.64 bits per heavy atom. The third-order valence-corrected chi connectivity index (χ3v) is 4.92. The second kappa shape index (κ2) is 9.15. The quantitative estimate of drug-likeness (QED) is 0.448. The van der Waals surface area contributed by atoms with Crippen LogP contribution in [-0.4, -0.2) is 21.4 Å². The Balaban J connectivity index is 1.44. The predicted octanol–water partition coefficient (Wildman–Crippen LogP) is 4.62. The van der Waals surface area contributed by atoms with Gasteiger partial charge < -0.3 is 15.2 Å². The van der Waals surface area contributed by atoms with Gasteiger partial charge in [0.2, 0.25) is 11.7 Å². The lowest BCUT2D eigenvalue weighted by Crippen LogP contribution is -2.29. The van der Waals surface area contributed by atoms with Crippen molar-refractivity contribution in [1.82, 2.24) is 14.9 Å². The SMILES string of the molecule is O=C(Cn1c(C(F)(F)F)nc2ccccc21)NCc1cccc(C(=O)Nc2ccccc2)c1. The maximum absolute atomic E-state index is 13.4. The molecule has 4 aromatic rings. The number of aromatic nitrogens is 2. The molecule has 0 radical (unpaired) electrons. The molecule has 33 heavy (non-hydrogen) atoms. The van der Waals surface area contributed by atoms with Gasteiger partial charge in [-0.05, 0) is 42.0 Å². The lowest BCUT2D eigenvalue weighted by atomic mass is 10.1. The number of halogens is 3. The molecular formula is C24H19F3N4O2. The Hall–Kier alpha value is -4.14. The monoisotopic (exact) mass is 452 g/mol. The summed E-state index contributed by atoms with van der Waals surface area (Å²) in [5.41, 5.74) is 2.06. The van der Waals surface area contributed by atoms with Crippen molar-refractivity contribution in [3.05, 3.63) is 95.8 Å². The number of carbonyl (C=O) groups excluding carboxylic acids is 2. The summed E-state index contributed by atoms with van der Waals surface area (Å²) >= 11 is 0. The Morgan fingerprint density at radius 3 is 2.39 bits per heavy atom. The molecule has 0 aliphatic carbocycles. The normalized spacial score (nSPS) is 11.4. The van der Waals surface area contributed by atoms with Crippen molar-refractivity contribution in [3.8, 4) is 0 Å². The minimum absolute atomic E-state index is 0.0548. The number of anilines is 1. The molecule has 1 aromatic heterocycles. The van der Waals surface area contributed by atoms with E-state index in [1.165, 1.54) is 12.1 Å². The molecule has 0 saturated heterocycles. The van der Waals surface area contributed by atoms with Gasteiger partial charge in [0.1, 0.15) is 6.54 Å². The maximum Gasteiger partial charge on any atom is 0.449 e. The standard InChI is InChI=1S/C24H19F3N4O2/c25-24(26,27)23-30-19-11-4-5-12-20(19)31(23)15-21(32)28-14-16-7-6-8-17(13-16)22(33)29-18-9-2-1-3-10-18/h1-13H,14-15H2,(H,28,32)(H,29,33). The van der Waals surface area contributed by atoms with Crippen molar-refractivity contribution in [1.29, 1.82) is 0 Å². The number of hydrogen-bond acceptors (Lipinski definition) is 3. The fourth-order valence-corrected chi connectivity index (χ4v) is 3.40. The first-order valence-corrected chi connectivity index (χ1v) is 10.1. The summed E-state index contributed by atoms with van der Waals surface area (Å²) < 4.78 is 41.1. The highest BCUT2D eigenvalue weighted by Crippen LogP contribution is 2.31. The summed E-state index contributed by atoms with van der Waals surface area (Å²) in [6.45, 7) is -0.483. The third-order valence-electron chi connectivity index (χ3n) is 4.92. The molecule has 168 valence electrons. The highest BCUT2D eigenvalue weighted by atomic mass is 19.4. The maximum atomic E-state index is 13.4. The van der Waals surface area contributed by atoms with Crippen LogP contribution < -0.4 is 10.6 Å². The Kier molecular flexibility index (Phi) is 6.12. The van der Waals surface area contributed by atoms with E-state index in [1.54, 1.807) is 60.7 Å². The third kappa shape index (κ3) is 5.20. The molecule has 3 aromatic carbocycles. The Morgan fingerprint density at radius 1 is 0.909 bits per heavy atom. The van der Waals surface area contributed by atoms with Crippen molar-refractivity contribution in [2.24, 2.45) is 0 Å². The summed E-state index contributed by atoms with van der Waals surface area (Å²) in [6.07, 6.45) is -4.69. The second-order valence-corrected chi connectivity index (χ2v) is 7.31. The van der Waals surface area contributed by atoms with E-state index in [0.717, 1.165) is 4.57 Å². The number of nitrogens with zero attached hydrogens (tertiary/aromatic N) is 2. The lowest BCUT2D eigenvalue weighted by molar-refractivity contribution is -0.147. The van der Waals surface area contributed by atoms with E-state index in [1.807, 2.05) is 6.07 Å². The zero-order valence-corrected chi connectivity index (χ0v) is 17.3. The first-order chi connectivity index (χ1) is 15.8. The Labute approximate surface area is 187 Å². The number of rotatable bonds is 6. The van der Waals surface area contributed by atoms with E-state index in [0.29, 0.717) is 16.8 Å². The number of benzene rings is 3. The molecule has 0 fully saturated rings. The van der Waals surface area contributed by atoms with Gasteiger partial charge in [-0.15, -0.1) is 0 Å². The molecule has 0 aliphatic heterocycles. The Bertz CT molecular complexity index is 1300. The topological polar surface area (TPSA) is 76.0 Å². The molecule has 4 rings (SSSR count). The number of para-hydroxylation sites is 3. The van der Waals surface area contributed by atoms with Crippen molar-refractivity contribution in [3.63, 3.8) is 0 Å². The smallest absolute Gasteiger partial charge is 0.350 e. The van der Waals surface area contributed by atoms with Crippen molar-refractivity contribution >= 4 is 28.5 Å². The van der Waals surface area contributed by atoms with Crippen LogP contribution in [-0.2, 0) is 24.1 Å². The molecule has 0 spiro atoms. The van der Waals surface area contributed by atoms with Gasteiger partial charge in [-0.1, -0.05) is 42.5 Å². The van der Waals surface area contributed by atoms with Crippen LogP contribution >= 0.6 is 0 Å².